The second-order valence-corrected chi connectivity index (χ2v) is 5.30. The molecule has 0 aliphatic carbocycles. The molecule has 0 aliphatic rings. The highest BCUT2D eigenvalue weighted by Gasteiger charge is 2.18. The van der Waals surface area contributed by atoms with Crippen LogP contribution in [0.4, 0.5) is 0 Å². The minimum absolute atomic E-state index is 0.00571. The summed E-state index contributed by atoms with van der Waals surface area (Å²) in [7, 11) is 0. The molecule has 23 heavy (non-hydrogen) atoms. The highest BCUT2D eigenvalue weighted by Crippen LogP contribution is 2.19. The Kier molecular flexibility index (Phi) is 7.74. The van der Waals surface area contributed by atoms with Gasteiger partial charge in [-0.1, -0.05) is 18.2 Å². The molecule has 1 aromatic rings. The smallest absolute Gasteiger partial charge is 0.306 e. The van der Waals surface area contributed by atoms with Gasteiger partial charge < -0.3 is 14.6 Å². The first kappa shape index (κ1) is 18.6. The number of hydrogen-bond donors (Lipinski definition) is 1. The van der Waals surface area contributed by atoms with E-state index in [0.717, 1.165) is 11.1 Å². The van der Waals surface area contributed by atoms with Gasteiger partial charge in [-0.2, -0.15) is 0 Å². The summed E-state index contributed by atoms with van der Waals surface area (Å²) >= 11 is 0. The number of aryl methyl sites for hydroxylation is 1. The SMILES string of the molecule is C/C=C(/C=O)C(CC=O)CC(=O)OCCc1ccc(O)c(C)c1. The topological polar surface area (TPSA) is 80.7 Å². The van der Waals surface area contributed by atoms with Gasteiger partial charge in [-0.25, -0.2) is 0 Å². The van der Waals surface area contributed by atoms with Gasteiger partial charge in [0.15, 0.2) is 0 Å². The molecule has 1 N–H and O–H groups in total. The van der Waals surface area contributed by atoms with Crippen molar-refractivity contribution >= 4 is 18.5 Å². The first-order valence-electron chi connectivity index (χ1n) is 7.51. The lowest BCUT2D eigenvalue weighted by Crippen LogP contribution is -2.16. The van der Waals surface area contributed by atoms with Crippen molar-refractivity contribution in [1.29, 1.82) is 0 Å². The van der Waals surface area contributed by atoms with Crippen LogP contribution in [0.25, 0.3) is 0 Å². The summed E-state index contributed by atoms with van der Waals surface area (Å²) in [5.41, 5.74) is 2.16. The highest BCUT2D eigenvalue weighted by molar-refractivity contribution is 5.78. The molecule has 5 nitrogen and oxygen atoms in total. The second-order valence-electron chi connectivity index (χ2n) is 5.30. The molecule has 0 heterocycles. The Hall–Kier alpha value is -2.43. The van der Waals surface area contributed by atoms with E-state index < -0.39 is 11.9 Å². The molecular weight excluding hydrogens is 296 g/mol. The molecule has 0 aliphatic heterocycles. The summed E-state index contributed by atoms with van der Waals surface area (Å²) in [5.74, 6) is -0.637. The molecule has 0 radical (unpaired) electrons. The maximum Gasteiger partial charge on any atom is 0.306 e. The van der Waals surface area contributed by atoms with Crippen LogP contribution in [0.5, 0.6) is 5.75 Å². The zero-order chi connectivity index (χ0) is 17.2. The molecule has 1 atom stereocenters. The number of hydrogen-bond acceptors (Lipinski definition) is 5. The Bertz CT molecular complexity index is 589. The minimum Gasteiger partial charge on any atom is -0.508 e. The average Bonchev–Trinajstić information content (AvgIpc) is 2.52. The molecule has 0 bridgehead atoms. The quantitative estimate of drug-likeness (QED) is 0.430. The zero-order valence-corrected chi connectivity index (χ0v) is 13.5. The van der Waals surface area contributed by atoms with Crippen LogP contribution in [0.1, 0.15) is 30.9 Å². The third-order valence-corrected chi connectivity index (χ3v) is 3.65. The van der Waals surface area contributed by atoms with Crippen LogP contribution in [0.15, 0.2) is 29.8 Å². The van der Waals surface area contributed by atoms with Gasteiger partial charge in [0.1, 0.15) is 18.3 Å². The Morgan fingerprint density at radius 2 is 2.09 bits per heavy atom. The lowest BCUT2D eigenvalue weighted by atomic mass is 9.93. The summed E-state index contributed by atoms with van der Waals surface area (Å²) in [5, 5.41) is 9.46. The van der Waals surface area contributed by atoms with E-state index in [2.05, 4.69) is 0 Å². The Labute approximate surface area is 136 Å². The lowest BCUT2D eigenvalue weighted by molar-refractivity contribution is -0.144. The van der Waals surface area contributed by atoms with E-state index >= 15 is 0 Å². The number of ether oxygens (including phenoxy) is 1. The van der Waals surface area contributed by atoms with Crippen molar-refractivity contribution < 1.29 is 24.2 Å². The molecule has 1 rings (SSSR count). The minimum atomic E-state index is -0.437. The number of rotatable bonds is 9. The molecular formula is C18H22O5. The largest absolute Gasteiger partial charge is 0.508 e. The van der Waals surface area contributed by atoms with Gasteiger partial charge in [0, 0.05) is 18.8 Å². The number of phenols is 1. The Morgan fingerprint density at radius 3 is 2.65 bits per heavy atom. The second kappa shape index (κ2) is 9.56. The number of aldehydes is 2. The fourth-order valence-electron chi connectivity index (χ4n) is 2.27. The van der Waals surface area contributed by atoms with Crippen LogP contribution in [0.2, 0.25) is 0 Å². The van der Waals surface area contributed by atoms with Crippen molar-refractivity contribution in [3.8, 4) is 5.75 Å². The molecule has 124 valence electrons. The van der Waals surface area contributed by atoms with Gasteiger partial charge in [-0.15, -0.1) is 0 Å². The van der Waals surface area contributed by atoms with Gasteiger partial charge in [0.2, 0.25) is 0 Å². The molecule has 0 amide bonds. The van der Waals surface area contributed by atoms with E-state index in [1.807, 2.05) is 6.07 Å². The summed E-state index contributed by atoms with van der Waals surface area (Å²) in [6, 6.07) is 5.22. The first-order valence-corrected chi connectivity index (χ1v) is 7.51. The molecule has 0 fully saturated rings. The van der Waals surface area contributed by atoms with Crippen LogP contribution in [-0.4, -0.2) is 30.3 Å². The van der Waals surface area contributed by atoms with Crippen LogP contribution in [0.3, 0.4) is 0 Å². The predicted octanol–water partition coefficient (Wildman–Crippen LogP) is 2.53. The molecule has 1 aromatic carbocycles. The van der Waals surface area contributed by atoms with Crippen molar-refractivity contribution in [2.75, 3.05) is 6.61 Å². The first-order chi connectivity index (χ1) is 11.0. The third kappa shape index (κ3) is 6.06. The summed E-state index contributed by atoms with van der Waals surface area (Å²) < 4.78 is 5.17. The molecule has 0 spiro atoms. The number of esters is 1. The van der Waals surface area contributed by atoms with Crippen LogP contribution in [-0.2, 0) is 25.5 Å². The van der Waals surface area contributed by atoms with Crippen molar-refractivity contribution in [1.82, 2.24) is 0 Å². The maximum atomic E-state index is 11.9. The van der Waals surface area contributed by atoms with Crippen molar-refractivity contribution in [3.05, 3.63) is 41.0 Å². The van der Waals surface area contributed by atoms with Crippen molar-refractivity contribution in [2.45, 2.75) is 33.1 Å². The van der Waals surface area contributed by atoms with E-state index in [9.17, 15) is 19.5 Å². The van der Waals surface area contributed by atoms with E-state index in [4.69, 9.17) is 4.74 Å². The Morgan fingerprint density at radius 1 is 1.35 bits per heavy atom. The van der Waals surface area contributed by atoms with Crippen LogP contribution < -0.4 is 0 Å². The van der Waals surface area contributed by atoms with Crippen molar-refractivity contribution in [3.63, 3.8) is 0 Å². The van der Waals surface area contributed by atoms with Gasteiger partial charge in [0.25, 0.3) is 0 Å². The summed E-state index contributed by atoms with van der Waals surface area (Å²) in [6.07, 6.45) is 3.63. The maximum absolute atomic E-state index is 11.9. The molecule has 0 saturated heterocycles. The molecule has 0 saturated carbocycles. The number of carbonyl (C=O) groups is 3. The standard InChI is InChI=1S/C18H22O5/c1-3-15(12-20)16(6-8-19)11-18(22)23-9-7-14-4-5-17(21)13(2)10-14/h3-5,8,10,12,16,21H,6-7,9,11H2,1-2H3/b15-3-. The number of aromatic hydroxyl groups is 1. The monoisotopic (exact) mass is 318 g/mol. The number of benzene rings is 1. The van der Waals surface area contributed by atoms with E-state index in [0.29, 0.717) is 24.6 Å². The van der Waals surface area contributed by atoms with Gasteiger partial charge in [0.05, 0.1) is 13.0 Å². The van der Waals surface area contributed by atoms with Gasteiger partial charge >= 0.3 is 5.97 Å². The molecule has 5 heteroatoms. The zero-order valence-electron chi connectivity index (χ0n) is 13.5. The average molecular weight is 318 g/mol. The normalized spacial score (nSPS) is 12.5. The molecule has 1 unspecified atom stereocenters. The number of carbonyl (C=O) groups excluding carboxylic acids is 3. The van der Waals surface area contributed by atoms with Crippen molar-refractivity contribution in [2.24, 2.45) is 5.92 Å². The third-order valence-electron chi connectivity index (χ3n) is 3.65. The summed E-state index contributed by atoms with van der Waals surface area (Å²) in [6.45, 7) is 3.70. The number of phenolic OH excluding ortho intramolecular Hbond substituents is 1. The van der Waals surface area contributed by atoms with E-state index in [1.165, 1.54) is 0 Å². The molecule has 0 aromatic heterocycles. The van der Waals surface area contributed by atoms with Crippen LogP contribution >= 0.6 is 0 Å². The summed E-state index contributed by atoms with van der Waals surface area (Å²) in [4.78, 5) is 33.5. The van der Waals surface area contributed by atoms with Gasteiger partial charge in [-0.3, -0.25) is 9.59 Å². The fourth-order valence-corrected chi connectivity index (χ4v) is 2.27. The predicted molar refractivity (Wildman–Crippen MR) is 86.1 cm³/mol. The lowest BCUT2D eigenvalue weighted by Gasteiger charge is -2.13. The van der Waals surface area contributed by atoms with E-state index in [1.54, 1.807) is 32.1 Å². The van der Waals surface area contributed by atoms with E-state index in [-0.39, 0.29) is 25.2 Å². The number of allylic oxidation sites excluding steroid dienone is 2. The fraction of sp³-hybridized carbons (Fsp3) is 0.389. The Balaban J connectivity index is 2.50. The van der Waals surface area contributed by atoms with Gasteiger partial charge in [-0.05, 0) is 36.6 Å². The van der Waals surface area contributed by atoms with Crippen LogP contribution in [0, 0.1) is 12.8 Å². The highest BCUT2D eigenvalue weighted by atomic mass is 16.5.